The Morgan fingerprint density at radius 3 is 2.55 bits per heavy atom. The highest BCUT2D eigenvalue weighted by Crippen LogP contribution is 2.36. The fraction of sp³-hybridized carbons (Fsp3) is 0.941. The van der Waals surface area contributed by atoms with Crippen molar-refractivity contribution >= 4 is 6.03 Å². The monoisotopic (exact) mass is 311 g/mol. The Morgan fingerprint density at radius 1 is 1.27 bits per heavy atom. The molecule has 128 valence electrons. The first kappa shape index (κ1) is 17.5. The molecule has 3 N–H and O–H groups in total. The number of β-amino-alcohol motifs (C(OH)–C–C–N with tert-alkyl or cyclic N) is 1. The maximum Gasteiger partial charge on any atom is 0.314 e. The summed E-state index contributed by atoms with van der Waals surface area (Å²) in [5.74, 6) is 0.800. The Labute approximate surface area is 134 Å². The average molecular weight is 311 g/mol. The summed E-state index contributed by atoms with van der Waals surface area (Å²) < 4.78 is 0. The summed E-state index contributed by atoms with van der Waals surface area (Å²) in [7, 11) is 0. The number of hydrogen-bond donors (Lipinski definition) is 3. The van der Waals surface area contributed by atoms with Crippen molar-refractivity contribution in [3.8, 4) is 0 Å². The van der Waals surface area contributed by atoms with Gasteiger partial charge < -0.3 is 20.6 Å². The molecule has 1 aliphatic heterocycles. The van der Waals surface area contributed by atoms with Gasteiger partial charge in [-0.25, -0.2) is 4.79 Å². The van der Waals surface area contributed by atoms with Gasteiger partial charge in [-0.1, -0.05) is 26.7 Å². The molecule has 2 rings (SSSR count). The van der Waals surface area contributed by atoms with Crippen molar-refractivity contribution in [2.45, 2.75) is 58.5 Å². The molecule has 22 heavy (non-hydrogen) atoms. The predicted octanol–water partition coefficient (Wildman–Crippen LogP) is 1.96. The summed E-state index contributed by atoms with van der Waals surface area (Å²) in [6, 6.07) is -0.153. The maximum absolute atomic E-state index is 11.8. The Kier molecular flexibility index (Phi) is 6.50. The number of likely N-dealkylation sites (tertiary alicyclic amines) is 1. The SMILES string of the molecule is CC1CCN(CC(O)CNC(=O)NCC2(C)CCCC2)CC1. The summed E-state index contributed by atoms with van der Waals surface area (Å²) in [6.07, 6.45) is 6.87. The fourth-order valence-electron chi connectivity index (χ4n) is 3.58. The van der Waals surface area contributed by atoms with Crippen molar-refractivity contribution in [2.24, 2.45) is 11.3 Å². The van der Waals surface area contributed by atoms with E-state index in [9.17, 15) is 9.90 Å². The lowest BCUT2D eigenvalue weighted by atomic mass is 9.89. The molecule has 0 spiro atoms. The number of aliphatic hydroxyl groups is 1. The molecule has 2 fully saturated rings. The second kappa shape index (κ2) is 8.16. The zero-order valence-corrected chi connectivity index (χ0v) is 14.2. The Hall–Kier alpha value is -0.810. The average Bonchev–Trinajstić information content (AvgIpc) is 2.93. The van der Waals surface area contributed by atoms with Gasteiger partial charge in [-0.15, -0.1) is 0 Å². The molecule has 0 bridgehead atoms. The van der Waals surface area contributed by atoms with E-state index in [1.54, 1.807) is 0 Å². The fourth-order valence-corrected chi connectivity index (χ4v) is 3.58. The third-order valence-corrected chi connectivity index (χ3v) is 5.33. The number of urea groups is 1. The van der Waals surface area contributed by atoms with Crippen LogP contribution in [0.5, 0.6) is 0 Å². The molecule has 2 amide bonds. The third kappa shape index (κ3) is 5.76. The quantitative estimate of drug-likeness (QED) is 0.702. The first-order valence-corrected chi connectivity index (χ1v) is 8.89. The number of aliphatic hydroxyl groups excluding tert-OH is 1. The molecule has 0 aromatic rings. The van der Waals surface area contributed by atoms with Crippen LogP contribution < -0.4 is 10.6 Å². The summed E-state index contributed by atoms with van der Waals surface area (Å²) in [6.45, 7) is 8.36. The molecule has 0 radical (unpaired) electrons. The minimum atomic E-state index is -0.485. The molecule has 5 heteroatoms. The topological polar surface area (TPSA) is 64.6 Å². The van der Waals surface area contributed by atoms with Crippen molar-refractivity contribution in [3.05, 3.63) is 0 Å². The van der Waals surface area contributed by atoms with E-state index in [1.807, 2.05) is 0 Å². The van der Waals surface area contributed by atoms with Gasteiger partial charge in [0, 0.05) is 19.6 Å². The standard InChI is InChI=1S/C17H33N3O2/c1-14-5-9-20(10-6-14)12-15(21)11-18-16(22)19-13-17(2)7-3-4-8-17/h14-15,21H,3-13H2,1-2H3,(H2,18,19,22). The number of nitrogens with zero attached hydrogens (tertiary/aromatic N) is 1. The van der Waals surface area contributed by atoms with Crippen LogP contribution >= 0.6 is 0 Å². The Bertz CT molecular complexity index is 348. The van der Waals surface area contributed by atoms with Gasteiger partial charge in [0.2, 0.25) is 0 Å². The number of rotatable bonds is 6. The molecule has 0 aromatic heterocycles. The van der Waals surface area contributed by atoms with Gasteiger partial charge >= 0.3 is 6.03 Å². The van der Waals surface area contributed by atoms with Gasteiger partial charge in [0.1, 0.15) is 0 Å². The van der Waals surface area contributed by atoms with E-state index in [-0.39, 0.29) is 11.4 Å². The van der Waals surface area contributed by atoms with Crippen molar-refractivity contribution < 1.29 is 9.90 Å². The molecule has 1 unspecified atom stereocenters. The van der Waals surface area contributed by atoms with Crippen LogP contribution in [0.3, 0.4) is 0 Å². The molecule has 1 atom stereocenters. The van der Waals surface area contributed by atoms with Crippen molar-refractivity contribution in [2.75, 3.05) is 32.7 Å². The summed E-state index contributed by atoms with van der Waals surface area (Å²) in [5, 5.41) is 15.8. The van der Waals surface area contributed by atoms with Gasteiger partial charge in [-0.2, -0.15) is 0 Å². The van der Waals surface area contributed by atoms with Crippen LogP contribution in [0.4, 0.5) is 4.79 Å². The van der Waals surface area contributed by atoms with E-state index in [0.717, 1.165) is 25.6 Å². The van der Waals surface area contributed by atoms with Gasteiger partial charge in [0.05, 0.1) is 6.10 Å². The zero-order chi connectivity index (χ0) is 16.0. The first-order chi connectivity index (χ1) is 10.5. The van der Waals surface area contributed by atoms with E-state index >= 15 is 0 Å². The van der Waals surface area contributed by atoms with Crippen LogP contribution in [0, 0.1) is 11.3 Å². The van der Waals surface area contributed by atoms with E-state index in [2.05, 4.69) is 29.4 Å². The second-order valence-electron chi connectivity index (χ2n) is 7.72. The van der Waals surface area contributed by atoms with Crippen LogP contribution in [-0.4, -0.2) is 54.9 Å². The van der Waals surface area contributed by atoms with Crippen LogP contribution in [0.25, 0.3) is 0 Å². The van der Waals surface area contributed by atoms with Crippen LogP contribution in [0.15, 0.2) is 0 Å². The largest absolute Gasteiger partial charge is 0.390 e. The van der Waals surface area contributed by atoms with Gasteiger partial charge in [0.15, 0.2) is 0 Å². The molecule has 0 aromatic carbocycles. The molecule has 5 nitrogen and oxygen atoms in total. The highest BCUT2D eigenvalue weighted by atomic mass is 16.3. The Balaban J connectivity index is 1.57. The lowest BCUT2D eigenvalue weighted by Crippen LogP contribution is -2.46. The highest BCUT2D eigenvalue weighted by Gasteiger charge is 2.28. The Morgan fingerprint density at radius 2 is 1.91 bits per heavy atom. The van der Waals surface area contributed by atoms with Crippen LogP contribution in [0.2, 0.25) is 0 Å². The highest BCUT2D eigenvalue weighted by molar-refractivity contribution is 5.73. The minimum Gasteiger partial charge on any atom is -0.390 e. The normalized spacial score (nSPS) is 24.1. The van der Waals surface area contributed by atoms with Crippen LogP contribution in [0.1, 0.15) is 52.4 Å². The number of hydrogen-bond acceptors (Lipinski definition) is 3. The molecular weight excluding hydrogens is 278 g/mol. The van der Waals surface area contributed by atoms with Crippen molar-refractivity contribution in [3.63, 3.8) is 0 Å². The van der Waals surface area contributed by atoms with Crippen molar-refractivity contribution in [1.82, 2.24) is 15.5 Å². The number of amides is 2. The molecule has 1 saturated heterocycles. The van der Waals surface area contributed by atoms with E-state index in [4.69, 9.17) is 0 Å². The number of piperidine rings is 1. The van der Waals surface area contributed by atoms with Crippen molar-refractivity contribution in [1.29, 1.82) is 0 Å². The maximum atomic E-state index is 11.8. The first-order valence-electron chi connectivity index (χ1n) is 8.89. The van der Waals surface area contributed by atoms with Gasteiger partial charge in [-0.3, -0.25) is 0 Å². The second-order valence-corrected chi connectivity index (χ2v) is 7.72. The van der Waals surface area contributed by atoms with E-state index in [0.29, 0.717) is 13.1 Å². The third-order valence-electron chi connectivity index (χ3n) is 5.33. The minimum absolute atomic E-state index is 0.153. The molecular formula is C17H33N3O2. The molecule has 2 aliphatic rings. The van der Waals surface area contributed by atoms with Gasteiger partial charge in [-0.05, 0) is 50.1 Å². The lowest BCUT2D eigenvalue weighted by molar-refractivity contribution is 0.0919. The van der Waals surface area contributed by atoms with E-state index < -0.39 is 6.10 Å². The molecule has 1 aliphatic carbocycles. The summed E-state index contributed by atoms with van der Waals surface area (Å²) >= 11 is 0. The lowest BCUT2D eigenvalue weighted by Gasteiger charge is -2.31. The molecule has 1 heterocycles. The number of carbonyl (C=O) groups is 1. The number of nitrogens with one attached hydrogen (secondary N) is 2. The zero-order valence-electron chi connectivity index (χ0n) is 14.2. The molecule has 1 saturated carbocycles. The predicted molar refractivity (Wildman–Crippen MR) is 88.8 cm³/mol. The summed E-state index contributed by atoms with van der Waals surface area (Å²) in [5.41, 5.74) is 0.264. The summed E-state index contributed by atoms with van der Waals surface area (Å²) in [4.78, 5) is 14.1. The van der Waals surface area contributed by atoms with Gasteiger partial charge in [0.25, 0.3) is 0 Å². The smallest absolute Gasteiger partial charge is 0.314 e. The van der Waals surface area contributed by atoms with Crippen LogP contribution in [-0.2, 0) is 0 Å². The number of carbonyl (C=O) groups excluding carboxylic acids is 1. The van der Waals surface area contributed by atoms with E-state index in [1.165, 1.54) is 38.5 Å².